The molecule has 2 aromatic heterocycles. The van der Waals surface area contributed by atoms with E-state index in [9.17, 15) is 4.79 Å². The van der Waals surface area contributed by atoms with Crippen LogP contribution in [0.15, 0.2) is 48.5 Å². The van der Waals surface area contributed by atoms with E-state index in [4.69, 9.17) is 11.6 Å². The van der Waals surface area contributed by atoms with Crippen molar-refractivity contribution in [2.24, 2.45) is 0 Å². The van der Waals surface area contributed by atoms with Gasteiger partial charge in [0.15, 0.2) is 10.8 Å². The van der Waals surface area contributed by atoms with E-state index in [1.165, 1.54) is 11.3 Å². The van der Waals surface area contributed by atoms with Gasteiger partial charge in [-0.05, 0) is 30.7 Å². The minimum atomic E-state index is -0.327. The molecule has 8 heteroatoms. The highest BCUT2D eigenvalue weighted by molar-refractivity contribution is 7.22. The Bertz CT molecular complexity index is 1090. The predicted octanol–water partition coefficient (Wildman–Crippen LogP) is 4.15. The SMILES string of the molecule is Cc1c(C(=O)Nc2nc3ccc(Cl)cc3s2)nnn1Cc1ccccc1. The van der Waals surface area contributed by atoms with E-state index in [0.29, 0.717) is 28.1 Å². The number of halogens is 1. The highest BCUT2D eigenvalue weighted by Gasteiger charge is 2.18. The molecule has 1 N–H and O–H groups in total. The smallest absolute Gasteiger partial charge is 0.279 e. The van der Waals surface area contributed by atoms with Gasteiger partial charge in [-0.1, -0.05) is 58.5 Å². The molecular weight excluding hydrogens is 370 g/mol. The molecule has 6 nitrogen and oxygen atoms in total. The minimum Gasteiger partial charge on any atom is -0.296 e. The molecule has 0 atom stereocenters. The molecule has 1 amide bonds. The second-order valence-corrected chi connectivity index (χ2v) is 7.22. The third-order valence-electron chi connectivity index (χ3n) is 3.94. The zero-order chi connectivity index (χ0) is 18.1. The van der Waals surface area contributed by atoms with Gasteiger partial charge in [0.2, 0.25) is 0 Å². The molecule has 4 aromatic rings. The number of carbonyl (C=O) groups excluding carboxylic acids is 1. The summed E-state index contributed by atoms with van der Waals surface area (Å²) >= 11 is 7.36. The summed E-state index contributed by atoms with van der Waals surface area (Å²) in [5.74, 6) is -0.327. The zero-order valence-electron chi connectivity index (χ0n) is 13.8. The number of fused-ring (bicyclic) bond motifs is 1. The second kappa shape index (κ2) is 6.86. The molecule has 0 bridgehead atoms. The van der Waals surface area contributed by atoms with Gasteiger partial charge >= 0.3 is 0 Å². The van der Waals surface area contributed by atoms with Crippen LogP contribution >= 0.6 is 22.9 Å². The minimum absolute atomic E-state index is 0.290. The Morgan fingerprint density at radius 3 is 2.85 bits per heavy atom. The van der Waals surface area contributed by atoms with E-state index in [0.717, 1.165) is 15.8 Å². The lowest BCUT2D eigenvalue weighted by Crippen LogP contribution is -2.14. The van der Waals surface area contributed by atoms with Crippen LogP contribution in [0.25, 0.3) is 10.2 Å². The summed E-state index contributed by atoms with van der Waals surface area (Å²) in [5.41, 5.74) is 2.88. The number of aromatic nitrogens is 4. The van der Waals surface area contributed by atoms with Crippen LogP contribution in [0.3, 0.4) is 0 Å². The van der Waals surface area contributed by atoms with E-state index in [2.05, 4.69) is 20.6 Å². The van der Waals surface area contributed by atoms with Gasteiger partial charge < -0.3 is 0 Å². The molecule has 0 unspecified atom stereocenters. The Hall–Kier alpha value is -2.77. The molecule has 0 aliphatic rings. The molecule has 2 heterocycles. The van der Waals surface area contributed by atoms with Gasteiger partial charge in [0.05, 0.1) is 22.5 Å². The first-order valence-electron chi connectivity index (χ1n) is 7.91. The van der Waals surface area contributed by atoms with E-state index < -0.39 is 0 Å². The van der Waals surface area contributed by atoms with Crippen molar-refractivity contribution >= 4 is 44.2 Å². The first-order valence-corrected chi connectivity index (χ1v) is 9.11. The van der Waals surface area contributed by atoms with Gasteiger partial charge in [0.25, 0.3) is 5.91 Å². The van der Waals surface area contributed by atoms with Crippen LogP contribution < -0.4 is 5.32 Å². The second-order valence-electron chi connectivity index (χ2n) is 5.75. The van der Waals surface area contributed by atoms with Gasteiger partial charge in [-0.15, -0.1) is 5.10 Å². The highest BCUT2D eigenvalue weighted by atomic mass is 35.5. The first kappa shape index (κ1) is 16.7. The monoisotopic (exact) mass is 383 g/mol. The highest BCUT2D eigenvalue weighted by Crippen LogP contribution is 2.28. The lowest BCUT2D eigenvalue weighted by molar-refractivity contribution is 0.102. The van der Waals surface area contributed by atoms with Gasteiger partial charge in [0.1, 0.15) is 0 Å². The van der Waals surface area contributed by atoms with Crippen LogP contribution in [0.5, 0.6) is 0 Å². The van der Waals surface area contributed by atoms with Crippen LogP contribution in [-0.4, -0.2) is 25.9 Å². The maximum absolute atomic E-state index is 12.6. The molecule has 0 saturated carbocycles. The summed E-state index contributed by atoms with van der Waals surface area (Å²) in [7, 11) is 0. The number of hydrogen-bond acceptors (Lipinski definition) is 5. The van der Waals surface area contributed by atoms with Gasteiger partial charge in [-0.3, -0.25) is 10.1 Å². The fraction of sp³-hybridized carbons (Fsp3) is 0.111. The number of anilines is 1. The number of carbonyl (C=O) groups is 1. The van der Waals surface area contributed by atoms with E-state index in [1.54, 1.807) is 10.7 Å². The van der Waals surface area contributed by atoms with Gasteiger partial charge in [-0.2, -0.15) is 0 Å². The number of rotatable bonds is 4. The van der Waals surface area contributed by atoms with Crippen molar-refractivity contribution < 1.29 is 4.79 Å². The Balaban J connectivity index is 1.54. The first-order chi connectivity index (χ1) is 12.6. The molecule has 0 radical (unpaired) electrons. The standard InChI is InChI=1S/C18H14ClN5OS/c1-11-16(22-23-24(11)10-12-5-3-2-4-6-12)17(25)21-18-20-14-8-7-13(19)9-15(14)26-18/h2-9H,10H2,1H3,(H,20,21,25). The maximum atomic E-state index is 12.6. The number of thiazole rings is 1. The summed E-state index contributed by atoms with van der Waals surface area (Å²) < 4.78 is 2.62. The average Bonchev–Trinajstić information content (AvgIpc) is 3.19. The van der Waals surface area contributed by atoms with Crippen LogP contribution in [0.2, 0.25) is 5.02 Å². The summed E-state index contributed by atoms with van der Waals surface area (Å²) in [6.45, 7) is 2.39. The Morgan fingerprint density at radius 2 is 2.04 bits per heavy atom. The summed E-state index contributed by atoms with van der Waals surface area (Å²) in [5, 5.41) is 12.1. The molecular formula is C18H14ClN5OS. The van der Waals surface area contributed by atoms with Gasteiger partial charge in [0, 0.05) is 5.02 Å². The molecule has 0 saturated heterocycles. The Morgan fingerprint density at radius 1 is 1.23 bits per heavy atom. The third-order valence-corrected chi connectivity index (χ3v) is 5.11. The fourth-order valence-corrected chi connectivity index (χ4v) is 3.72. The number of nitrogens with zero attached hydrogens (tertiary/aromatic N) is 4. The van der Waals surface area contributed by atoms with Crippen molar-refractivity contribution in [1.29, 1.82) is 0 Å². The molecule has 0 fully saturated rings. The molecule has 0 aliphatic heterocycles. The molecule has 0 spiro atoms. The average molecular weight is 384 g/mol. The number of nitrogens with one attached hydrogen (secondary N) is 1. The van der Waals surface area contributed by atoms with Crippen LogP contribution in [0.4, 0.5) is 5.13 Å². The van der Waals surface area contributed by atoms with E-state index >= 15 is 0 Å². The van der Waals surface area contributed by atoms with Crippen LogP contribution in [0.1, 0.15) is 21.7 Å². The van der Waals surface area contributed by atoms with Gasteiger partial charge in [-0.25, -0.2) is 9.67 Å². The number of benzene rings is 2. The normalized spacial score (nSPS) is 11.0. The summed E-state index contributed by atoms with van der Waals surface area (Å²) in [6, 6.07) is 15.3. The zero-order valence-corrected chi connectivity index (χ0v) is 15.4. The van der Waals surface area contributed by atoms with E-state index in [-0.39, 0.29) is 5.91 Å². The lowest BCUT2D eigenvalue weighted by Gasteiger charge is -2.04. The molecule has 2 aromatic carbocycles. The van der Waals surface area contributed by atoms with Crippen LogP contribution in [-0.2, 0) is 6.54 Å². The molecule has 0 aliphatic carbocycles. The third kappa shape index (κ3) is 3.31. The van der Waals surface area contributed by atoms with Crippen molar-refractivity contribution in [1.82, 2.24) is 20.0 Å². The quantitative estimate of drug-likeness (QED) is 0.574. The van der Waals surface area contributed by atoms with Crippen LogP contribution in [0, 0.1) is 6.92 Å². The predicted molar refractivity (Wildman–Crippen MR) is 103 cm³/mol. The number of hydrogen-bond donors (Lipinski definition) is 1. The lowest BCUT2D eigenvalue weighted by atomic mass is 10.2. The maximum Gasteiger partial charge on any atom is 0.279 e. The van der Waals surface area contributed by atoms with Crippen molar-refractivity contribution in [3.05, 3.63) is 70.5 Å². The Labute approximate surface area is 158 Å². The fourth-order valence-electron chi connectivity index (χ4n) is 2.58. The van der Waals surface area contributed by atoms with Crippen molar-refractivity contribution in [3.8, 4) is 0 Å². The van der Waals surface area contributed by atoms with Crippen molar-refractivity contribution in [3.63, 3.8) is 0 Å². The number of amides is 1. The molecule has 26 heavy (non-hydrogen) atoms. The molecule has 4 rings (SSSR count). The Kier molecular flexibility index (Phi) is 4.40. The topological polar surface area (TPSA) is 72.7 Å². The molecule has 130 valence electrons. The van der Waals surface area contributed by atoms with E-state index in [1.807, 2.05) is 49.4 Å². The van der Waals surface area contributed by atoms with Crippen molar-refractivity contribution in [2.75, 3.05) is 5.32 Å². The summed E-state index contributed by atoms with van der Waals surface area (Å²) in [4.78, 5) is 17.0. The largest absolute Gasteiger partial charge is 0.296 e. The van der Waals surface area contributed by atoms with Crippen molar-refractivity contribution in [2.45, 2.75) is 13.5 Å². The summed E-state index contributed by atoms with van der Waals surface area (Å²) in [6.07, 6.45) is 0.